The van der Waals surface area contributed by atoms with Crippen LogP contribution in [0.2, 0.25) is 0 Å². The average Bonchev–Trinajstić information content (AvgIpc) is 2.99. The molecule has 2 amide bonds. The second-order valence-corrected chi connectivity index (χ2v) is 5.10. The Labute approximate surface area is 131 Å². The van der Waals surface area contributed by atoms with Crippen molar-refractivity contribution in [3.8, 4) is 0 Å². The number of carbonyl (C=O) groups excluding carboxylic acids is 2. The van der Waals surface area contributed by atoms with Crippen LogP contribution in [-0.2, 0) is 4.79 Å². The summed E-state index contributed by atoms with van der Waals surface area (Å²) in [7, 11) is 0. The van der Waals surface area contributed by atoms with E-state index in [-0.39, 0.29) is 5.69 Å². The molecule has 4 N–H and O–H groups in total. The van der Waals surface area contributed by atoms with Crippen LogP contribution in [-0.4, -0.2) is 16.8 Å². The van der Waals surface area contributed by atoms with Gasteiger partial charge in [-0.15, -0.1) is 0 Å². The SMILES string of the molecule is NC(=O)[C@@H](NC(=O)c1cc2c(F)cccc2[nH]1)c1ccccc1. The fourth-order valence-corrected chi connectivity index (χ4v) is 2.41. The Bertz CT molecular complexity index is 874. The summed E-state index contributed by atoms with van der Waals surface area (Å²) in [5.74, 6) is -1.63. The molecular weight excluding hydrogens is 297 g/mol. The smallest absolute Gasteiger partial charge is 0.268 e. The van der Waals surface area contributed by atoms with Crippen molar-refractivity contribution in [2.45, 2.75) is 6.04 Å². The van der Waals surface area contributed by atoms with Crippen LogP contribution in [0.15, 0.2) is 54.6 Å². The molecule has 23 heavy (non-hydrogen) atoms. The number of hydrogen-bond acceptors (Lipinski definition) is 2. The van der Waals surface area contributed by atoms with Crippen molar-refractivity contribution in [3.05, 3.63) is 71.7 Å². The van der Waals surface area contributed by atoms with E-state index < -0.39 is 23.7 Å². The molecule has 5 nitrogen and oxygen atoms in total. The maximum atomic E-state index is 13.7. The lowest BCUT2D eigenvalue weighted by molar-refractivity contribution is -0.120. The molecule has 0 radical (unpaired) electrons. The number of nitrogens with one attached hydrogen (secondary N) is 2. The molecule has 0 fully saturated rings. The molecule has 0 bridgehead atoms. The first-order chi connectivity index (χ1) is 11.1. The molecule has 6 heteroatoms. The van der Waals surface area contributed by atoms with Gasteiger partial charge in [0.2, 0.25) is 5.91 Å². The van der Waals surface area contributed by atoms with Gasteiger partial charge in [0, 0.05) is 10.9 Å². The number of primary amides is 1. The lowest BCUT2D eigenvalue weighted by Crippen LogP contribution is -2.37. The number of aromatic nitrogens is 1. The van der Waals surface area contributed by atoms with Crippen LogP contribution in [0.25, 0.3) is 10.9 Å². The Morgan fingerprint density at radius 2 is 1.83 bits per heavy atom. The lowest BCUT2D eigenvalue weighted by atomic mass is 10.1. The van der Waals surface area contributed by atoms with Crippen LogP contribution in [0.5, 0.6) is 0 Å². The third-order valence-corrected chi connectivity index (χ3v) is 3.55. The molecule has 1 aromatic heterocycles. The van der Waals surface area contributed by atoms with Crippen molar-refractivity contribution in [1.82, 2.24) is 10.3 Å². The highest BCUT2D eigenvalue weighted by atomic mass is 19.1. The summed E-state index contributed by atoms with van der Waals surface area (Å²) in [6, 6.07) is 13.7. The summed E-state index contributed by atoms with van der Waals surface area (Å²) in [5, 5.41) is 2.88. The summed E-state index contributed by atoms with van der Waals surface area (Å²) in [4.78, 5) is 26.8. The molecule has 0 spiro atoms. The number of H-pyrrole nitrogens is 1. The molecule has 0 unspecified atom stereocenters. The average molecular weight is 311 g/mol. The predicted octanol–water partition coefficient (Wildman–Crippen LogP) is 2.26. The van der Waals surface area contributed by atoms with E-state index in [0.717, 1.165) is 0 Å². The van der Waals surface area contributed by atoms with Crippen molar-refractivity contribution in [1.29, 1.82) is 0 Å². The molecule has 2 aromatic carbocycles. The van der Waals surface area contributed by atoms with E-state index in [0.29, 0.717) is 16.5 Å². The molecule has 0 saturated heterocycles. The topological polar surface area (TPSA) is 88.0 Å². The first-order valence-electron chi connectivity index (χ1n) is 6.98. The first-order valence-corrected chi connectivity index (χ1v) is 6.98. The Morgan fingerprint density at radius 1 is 1.09 bits per heavy atom. The van der Waals surface area contributed by atoms with E-state index >= 15 is 0 Å². The van der Waals surface area contributed by atoms with Gasteiger partial charge in [0.15, 0.2) is 0 Å². The van der Waals surface area contributed by atoms with Gasteiger partial charge >= 0.3 is 0 Å². The third kappa shape index (κ3) is 2.91. The van der Waals surface area contributed by atoms with Gasteiger partial charge in [-0.25, -0.2) is 4.39 Å². The second kappa shape index (κ2) is 5.92. The molecular formula is C17H14FN3O2. The largest absolute Gasteiger partial charge is 0.368 e. The number of nitrogens with two attached hydrogens (primary N) is 1. The van der Waals surface area contributed by atoms with Gasteiger partial charge in [0.1, 0.15) is 17.6 Å². The fraction of sp³-hybridized carbons (Fsp3) is 0.0588. The Hall–Kier alpha value is -3.15. The van der Waals surface area contributed by atoms with Gasteiger partial charge < -0.3 is 16.0 Å². The number of amides is 2. The predicted molar refractivity (Wildman–Crippen MR) is 84.1 cm³/mol. The fourth-order valence-electron chi connectivity index (χ4n) is 2.41. The Balaban J connectivity index is 1.89. The van der Waals surface area contributed by atoms with Crippen molar-refractivity contribution >= 4 is 22.7 Å². The van der Waals surface area contributed by atoms with Gasteiger partial charge in [0.25, 0.3) is 5.91 Å². The van der Waals surface area contributed by atoms with E-state index in [4.69, 9.17) is 5.73 Å². The minimum Gasteiger partial charge on any atom is -0.368 e. The minimum absolute atomic E-state index is 0.160. The van der Waals surface area contributed by atoms with Crippen molar-refractivity contribution in [2.75, 3.05) is 0 Å². The third-order valence-electron chi connectivity index (χ3n) is 3.55. The quantitative estimate of drug-likeness (QED) is 0.690. The number of benzene rings is 2. The van der Waals surface area contributed by atoms with E-state index in [1.165, 1.54) is 12.1 Å². The van der Waals surface area contributed by atoms with Gasteiger partial charge in [-0.3, -0.25) is 9.59 Å². The van der Waals surface area contributed by atoms with Crippen LogP contribution in [0.1, 0.15) is 22.1 Å². The normalized spacial score (nSPS) is 12.0. The van der Waals surface area contributed by atoms with Crippen LogP contribution in [0.3, 0.4) is 0 Å². The van der Waals surface area contributed by atoms with E-state index in [9.17, 15) is 14.0 Å². The highest BCUT2D eigenvalue weighted by Gasteiger charge is 2.22. The summed E-state index contributed by atoms with van der Waals surface area (Å²) in [5.41, 5.74) is 6.61. The Kier molecular flexibility index (Phi) is 3.80. The van der Waals surface area contributed by atoms with E-state index in [1.807, 2.05) is 0 Å². The molecule has 0 aliphatic carbocycles. The molecule has 1 atom stereocenters. The number of halogens is 1. The summed E-state index contributed by atoms with van der Waals surface area (Å²) in [6.45, 7) is 0. The van der Waals surface area contributed by atoms with Crippen LogP contribution in [0, 0.1) is 5.82 Å². The van der Waals surface area contributed by atoms with Gasteiger partial charge in [-0.2, -0.15) is 0 Å². The van der Waals surface area contributed by atoms with Crippen molar-refractivity contribution < 1.29 is 14.0 Å². The molecule has 3 rings (SSSR count). The molecule has 3 aromatic rings. The summed E-state index contributed by atoms with van der Waals surface area (Å²) < 4.78 is 13.7. The number of rotatable bonds is 4. The molecule has 1 heterocycles. The minimum atomic E-state index is -0.958. The zero-order chi connectivity index (χ0) is 16.4. The first kappa shape index (κ1) is 14.8. The number of hydrogen-bond donors (Lipinski definition) is 3. The van der Waals surface area contributed by atoms with Gasteiger partial charge in [0.05, 0.1) is 0 Å². The number of carbonyl (C=O) groups is 2. The van der Waals surface area contributed by atoms with Crippen molar-refractivity contribution in [2.24, 2.45) is 5.73 Å². The molecule has 0 saturated carbocycles. The van der Waals surface area contributed by atoms with Crippen LogP contribution >= 0.6 is 0 Å². The van der Waals surface area contributed by atoms with Crippen LogP contribution in [0.4, 0.5) is 4.39 Å². The Morgan fingerprint density at radius 3 is 2.48 bits per heavy atom. The maximum absolute atomic E-state index is 13.7. The van der Waals surface area contributed by atoms with Crippen molar-refractivity contribution in [3.63, 3.8) is 0 Å². The summed E-state index contributed by atoms with van der Waals surface area (Å²) >= 11 is 0. The second-order valence-electron chi connectivity index (χ2n) is 5.10. The monoisotopic (exact) mass is 311 g/mol. The van der Waals surface area contributed by atoms with E-state index in [2.05, 4.69) is 10.3 Å². The highest BCUT2D eigenvalue weighted by Crippen LogP contribution is 2.19. The number of aromatic amines is 1. The maximum Gasteiger partial charge on any atom is 0.268 e. The van der Waals surface area contributed by atoms with Gasteiger partial charge in [-0.05, 0) is 23.8 Å². The highest BCUT2D eigenvalue weighted by molar-refractivity contribution is 6.00. The van der Waals surface area contributed by atoms with E-state index in [1.54, 1.807) is 42.5 Å². The standard InChI is InChI=1S/C17H14FN3O2/c18-12-7-4-8-13-11(12)9-14(20-13)17(23)21-15(16(19)22)10-5-2-1-3-6-10/h1-9,15,20H,(H2,19,22)(H,21,23)/t15-/m0/s1. The van der Waals surface area contributed by atoms with Gasteiger partial charge in [-0.1, -0.05) is 36.4 Å². The zero-order valence-electron chi connectivity index (χ0n) is 12.0. The number of fused-ring (bicyclic) bond motifs is 1. The summed E-state index contributed by atoms with van der Waals surface area (Å²) in [6.07, 6.45) is 0. The molecule has 0 aliphatic heterocycles. The lowest BCUT2D eigenvalue weighted by Gasteiger charge is -2.15. The van der Waals surface area contributed by atoms with Crippen LogP contribution < -0.4 is 11.1 Å². The molecule has 0 aliphatic rings. The molecule has 116 valence electrons. The zero-order valence-corrected chi connectivity index (χ0v) is 12.0.